The van der Waals surface area contributed by atoms with Crippen LogP contribution in [-0.2, 0) is 4.79 Å². The summed E-state index contributed by atoms with van der Waals surface area (Å²) in [7, 11) is 1.82. The van der Waals surface area contributed by atoms with Gasteiger partial charge in [-0.05, 0) is 29.9 Å². The lowest BCUT2D eigenvalue weighted by atomic mass is 9.91. The van der Waals surface area contributed by atoms with Gasteiger partial charge in [0.15, 0.2) is 5.96 Å². The second kappa shape index (κ2) is 9.93. The topological polar surface area (TPSA) is 70.7 Å². The fourth-order valence-corrected chi connectivity index (χ4v) is 4.03. The molecule has 1 aliphatic rings. The minimum Gasteiger partial charge on any atom is -0.370 e. The zero-order chi connectivity index (χ0) is 19.8. The lowest BCUT2D eigenvalue weighted by molar-refractivity contribution is -0.119. The van der Waals surface area contributed by atoms with Crippen LogP contribution in [-0.4, -0.2) is 43.4 Å². The first-order valence-electron chi connectivity index (χ1n) is 10.0. The second-order valence-corrected chi connectivity index (χ2v) is 7.43. The highest BCUT2D eigenvalue weighted by atomic mass is 16.1. The molecule has 28 heavy (non-hydrogen) atoms. The van der Waals surface area contributed by atoms with E-state index in [1.54, 1.807) is 0 Å². The number of piperidine rings is 1. The van der Waals surface area contributed by atoms with Gasteiger partial charge in [-0.1, -0.05) is 60.7 Å². The van der Waals surface area contributed by atoms with Crippen molar-refractivity contribution in [1.29, 1.82) is 0 Å². The Labute approximate surface area is 167 Å². The highest BCUT2D eigenvalue weighted by molar-refractivity contribution is 5.80. The number of carbonyl (C=O) groups is 1. The van der Waals surface area contributed by atoms with Gasteiger partial charge in [-0.3, -0.25) is 9.79 Å². The van der Waals surface area contributed by atoms with Crippen LogP contribution in [0.4, 0.5) is 0 Å². The Morgan fingerprint density at radius 3 is 2.29 bits per heavy atom. The van der Waals surface area contributed by atoms with E-state index in [0.717, 1.165) is 38.4 Å². The van der Waals surface area contributed by atoms with Crippen molar-refractivity contribution in [3.8, 4) is 0 Å². The van der Waals surface area contributed by atoms with Crippen molar-refractivity contribution in [1.82, 2.24) is 10.2 Å². The summed E-state index contributed by atoms with van der Waals surface area (Å²) in [5, 5.41) is 3.57. The summed E-state index contributed by atoms with van der Waals surface area (Å²) in [6.07, 6.45) is 2.55. The number of likely N-dealkylation sites (tertiary alicyclic amines) is 1. The van der Waals surface area contributed by atoms with Crippen molar-refractivity contribution in [2.24, 2.45) is 16.6 Å². The van der Waals surface area contributed by atoms with E-state index >= 15 is 0 Å². The molecule has 0 aliphatic carbocycles. The van der Waals surface area contributed by atoms with E-state index in [1.165, 1.54) is 11.1 Å². The molecule has 0 radical (unpaired) electrons. The molecule has 0 aromatic heterocycles. The van der Waals surface area contributed by atoms with Gasteiger partial charge in [-0.25, -0.2) is 0 Å². The predicted octanol–water partition coefficient (Wildman–Crippen LogP) is 2.98. The number of benzene rings is 2. The van der Waals surface area contributed by atoms with Crippen molar-refractivity contribution in [3.05, 3.63) is 71.8 Å². The smallest absolute Gasteiger partial charge is 0.217 e. The molecule has 1 saturated heterocycles. The molecule has 1 atom stereocenters. The third kappa shape index (κ3) is 5.35. The Morgan fingerprint density at radius 2 is 1.75 bits per heavy atom. The van der Waals surface area contributed by atoms with Crippen LogP contribution in [0.5, 0.6) is 0 Å². The van der Waals surface area contributed by atoms with Crippen LogP contribution < -0.4 is 11.1 Å². The fraction of sp³-hybridized carbons (Fsp3) is 0.391. The maximum absolute atomic E-state index is 11.3. The molecule has 1 fully saturated rings. The number of nitrogens with zero attached hydrogens (tertiary/aromatic N) is 2. The first-order chi connectivity index (χ1) is 13.7. The van der Waals surface area contributed by atoms with Gasteiger partial charge >= 0.3 is 0 Å². The molecule has 1 unspecified atom stereocenters. The molecular weight excluding hydrogens is 348 g/mol. The van der Waals surface area contributed by atoms with Gasteiger partial charge in [0.2, 0.25) is 5.91 Å². The highest BCUT2D eigenvalue weighted by Gasteiger charge is 2.24. The van der Waals surface area contributed by atoms with Crippen LogP contribution in [0.3, 0.4) is 0 Å². The third-order valence-corrected chi connectivity index (χ3v) is 5.39. The number of nitrogens with one attached hydrogen (secondary N) is 1. The molecule has 5 nitrogen and oxygen atoms in total. The standard InChI is InChI=1S/C23H30N4O/c1-25-23(27-14-8-9-18(17-27)15-22(24)28)26-16-21(19-10-4-2-5-11-19)20-12-6-3-7-13-20/h2-7,10-13,18,21H,8-9,14-17H2,1H3,(H2,24,28)(H,25,26). The van der Waals surface area contributed by atoms with Gasteiger partial charge in [0.1, 0.15) is 0 Å². The molecule has 2 aromatic rings. The molecule has 1 aliphatic heterocycles. The predicted molar refractivity (Wildman–Crippen MR) is 114 cm³/mol. The third-order valence-electron chi connectivity index (χ3n) is 5.39. The van der Waals surface area contributed by atoms with E-state index in [0.29, 0.717) is 12.3 Å². The maximum atomic E-state index is 11.3. The number of nitrogens with two attached hydrogens (primary N) is 1. The Balaban J connectivity index is 1.70. The van der Waals surface area contributed by atoms with E-state index in [1.807, 2.05) is 19.2 Å². The highest BCUT2D eigenvalue weighted by Crippen LogP contribution is 2.24. The Hall–Kier alpha value is -2.82. The molecule has 1 heterocycles. The summed E-state index contributed by atoms with van der Waals surface area (Å²) in [5.41, 5.74) is 7.96. The Morgan fingerprint density at radius 1 is 1.14 bits per heavy atom. The number of hydrogen-bond donors (Lipinski definition) is 2. The monoisotopic (exact) mass is 378 g/mol. The molecule has 3 rings (SSSR count). The van der Waals surface area contributed by atoms with Crippen molar-refractivity contribution in [2.75, 3.05) is 26.7 Å². The molecule has 0 spiro atoms. The lowest BCUT2D eigenvalue weighted by Crippen LogP contribution is -2.48. The molecular formula is C23H30N4O. The van der Waals surface area contributed by atoms with Crippen molar-refractivity contribution in [2.45, 2.75) is 25.2 Å². The normalized spacial score (nSPS) is 17.6. The van der Waals surface area contributed by atoms with E-state index < -0.39 is 0 Å². The van der Waals surface area contributed by atoms with Gasteiger partial charge in [0, 0.05) is 39.0 Å². The van der Waals surface area contributed by atoms with Gasteiger partial charge in [-0.2, -0.15) is 0 Å². The minimum atomic E-state index is -0.219. The van der Waals surface area contributed by atoms with Crippen LogP contribution in [0.15, 0.2) is 65.7 Å². The van der Waals surface area contributed by atoms with E-state index in [-0.39, 0.29) is 11.8 Å². The van der Waals surface area contributed by atoms with Gasteiger partial charge in [-0.15, -0.1) is 0 Å². The average Bonchev–Trinajstić information content (AvgIpc) is 2.72. The summed E-state index contributed by atoms with van der Waals surface area (Å²) in [6.45, 7) is 2.54. The van der Waals surface area contributed by atoms with Gasteiger partial charge < -0.3 is 16.0 Å². The number of rotatable bonds is 6. The molecule has 1 amide bonds. The number of hydrogen-bond acceptors (Lipinski definition) is 2. The first kappa shape index (κ1) is 19.9. The molecule has 0 bridgehead atoms. The Bertz CT molecular complexity index is 736. The van der Waals surface area contributed by atoms with Crippen LogP contribution >= 0.6 is 0 Å². The van der Waals surface area contributed by atoms with Gasteiger partial charge in [0.25, 0.3) is 0 Å². The van der Waals surface area contributed by atoms with Crippen LogP contribution in [0, 0.1) is 5.92 Å². The molecule has 0 saturated carbocycles. The number of aliphatic imine (C=N–C) groups is 1. The minimum absolute atomic E-state index is 0.219. The number of guanidine groups is 1. The largest absolute Gasteiger partial charge is 0.370 e. The average molecular weight is 379 g/mol. The number of primary amides is 1. The lowest BCUT2D eigenvalue weighted by Gasteiger charge is -2.35. The van der Waals surface area contributed by atoms with Crippen LogP contribution in [0.25, 0.3) is 0 Å². The van der Waals surface area contributed by atoms with Crippen molar-refractivity contribution >= 4 is 11.9 Å². The van der Waals surface area contributed by atoms with E-state index in [9.17, 15) is 4.79 Å². The van der Waals surface area contributed by atoms with Crippen LogP contribution in [0.1, 0.15) is 36.3 Å². The molecule has 2 aromatic carbocycles. The van der Waals surface area contributed by atoms with Gasteiger partial charge in [0.05, 0.1) is 0 Å². The molecule has 148 valence electrons. The molecule has 5 heteroatoms. The second-order valence-electron chi connectivity index (χ2n) is 7.43. The fourth-order valence-electron chi connectivity index (χ4n) is 4.03. The van der Waals surface area contributed by atoms with E-state index in [4.69, 9.17) is 5.73 Å². The summed E-state index contributed by atoms with van der Waals surface area (Å²) in [6, 6.07) is 21.1. The van der Waals surface area contributed by atoms with Crippen LogP contribution in [0.2, 0.25) is 0 Å². The first-order valence-corrected chi connectivity index (χ1v) is 10.0. The number of carbonyl (C=O) groups excluding carboxylic acids is 1. The Kier molecular flexibility index (Phi) is 7.06. The summed E-state index contributed by atoms with van der Waals surface area (Å²) >= 11 is 0. The summed E-state index contributed by atoms with van der Waals surface area (Å²) in [4.78, 5) is 18.1. The van der Waals surface area contributed by atoms with Crippen molar-refractivity contribution in [3.63, 3.8) is 0 Å². The maximum Gasteiger partial charge on any atom is 0.217 e. The quantitative estimate of drug-likeness (QED) is 0.600. The number of amides is 1. The summed E-state index contributed by atoms with van der Waals surface area (Å²) in [5.74, 6) is 1.23. The summed E-state index contributed by atoms with van der Waals surface area (Å²) < 4.78 is 0. The van der Waals surface area contributed by atoms with Crippen molar-refractivity contribution < 1.29 is 4.79 Å². The zero-order valence-corrected chi connectivity index (χ0v) is 16.6. The van der Waals surface area contributed by atoms with E-state index in [2.05, 4.69) is 63.7 Å². The molecule has 3 N–H and O–H groups in total. The zero-order valence-electron chi connectivity index (χ0n) is 16.6. The SMILES string of the molecule is CN=C(NCC(c1ccccc1)c1ccccc1)N1CCCC(CC(N)=O)C1.